The summed E-state index contributed by atoms with van der Waals surface area (Å²) in [6.07, 6.45) is -1.74. The van der Waals surface area contributed by atoms with Crippen LogP contribution in [0.4, 0.5) is 22.4 Å². The van der Waals surface area contributed by atoms with E-state index in [4.69, 9.17) is 4.74 Å². The zero-order chi connectivity index (χ0) is 28.3. The summed E-state index contributed by atoms with van der Waals surface area (Å²) in [6.45, 7) is 1.80. The number of aromatic nitrogens is 2. The van der Waals surface area contributed by atoms with E-state index in [9.17, 15) is 28.0 Å². The number of benzene rings is 1. The van der Waals surface area contributed by atoms with Crippen molar-refractivity contribution in [2.45, 2.75) is 32.1 Å². The fourth-order valence-corrected chi connectivity index (χ4v) is 5.48. The Morgan fingerprint density at radius 2 is 2.10 bits per heavy atom. The molecule has 13 heteroatoms. The Labute approximate surface area is 225 Å². The second-order valence-electron chi connectivity index (χ2n) is 8.57. The summed E-state index contributed by atoms with van der Waals surface area (Å²) in [6, 6.07) is 7.71. The molecule has 0 radical (unpaired) electrons. The van der Waals surface area contributed by atoms with Crippen LogP contribution in [0.5, 0.6) is 0 Å². The molecule has 0 unspecified atom stereocenters. The fraction of sp³-hybridized carbons (Fsp3) is 0.308. The predicted molar refractivity (Wildman–Crippen MR) is 134 cm³/mol. The molecule has 204 valence electrons. The van der Waals surface area contributed by atoms with Gasteiger partial charge in [-0.2, -0.15) is 23.5 Å². The van der Waals surface area contributed by atoms with Gasteiger partial charge in [0.1, 0.15) is 23.4 Å². The first-order valence-electron chi connectivity index (χ1n) is 11.8. The number of ether oxygens (including phenoxy) is 1. The molecule has 3 aromatic rings. The molecule has 1 N–H and O–H groups in total. The van der Waals surface area contributed by atoms with Crippen LogP contribution in [-0.2, 0) is 28.8 Å². The summed E-state index contributed by atoms with van der Waals surface area (Å²) in [7, 11) is 1.39. The molecule has 1 atom stereocenters. The average Bonchev–Trinajstić information content (AvgIpc) is 3.54. The van der Waals surface area contributed by atoms with Gasteiger partial charge in [-0.25, -0.2) is 9.18 Å². The molecule has 1 aromatic carbocycles. The number of aryl methyl sites for hydroxylation is 1. The summed E-state index contributed by atoms with van der Waals surface area (Å²) in [4.78, 5) is 26.7. The van der Waals surface area contributed by atoms with Gasteiger partial charge in [0, 0.05) is 54.3 Å². The molecule has 0 aliphatic carbocycles. The number of nitrogens with zero attached hydrogens (tertiary/aromatic N) is 4. The maximum atomic E-state index is 15.4. The minimum absolute atomic E-state index is 0.0216. The number of nitriles is 1. The van der Waals surface area contributed by atoms with Crippen LogP contribution in [0.3, 0.4) is 0 Å². The number of fused-ring (bicyclic) bond motifs is 1. The van der Waals surface area contributed by atoms with E-state index in [0.29, 0.717) is 15.3 Å². The number of thiophene rings is 1. The molecule has 0 fully saturated rings. The van der Waals surface area contributed by atoms with Crippen LogP contribution in [0.25, 0.3) is 11.1 Å². The monoisotopic (exact) mass is 561 g/mol. The highest BCUT2D eigenvalue weighted by Crippen LogP contribution is 2.45. The standard InChI is InChI=1S/C26H23F4N5O3S/c1-3-35-13-19(24(33-35)26(28,29)30)23-16(6-4-7-20(23)27)18-12-34(14-21-17(18)10-15(11-31)39-21)22(36)8-5-9-38-25(37)32-2/h4-8,10,13,18H,3,9,12,14H2,1-2H3,(H,32,37)/b8-5+/t18-/m0/s1. The van der Waals surface area contributed by atoms with Crippen molar-refractivity contribution in [3.05, 3.63) is 75.0 Å². The molecule has 0 bridgehead atoms. The number of amides is 2. The van der Waals surface area contributed by atoms with Gasteiger partial charge < -0.3 is 15.0 Å². The third-order valence-electron chi connectivity index (χ3n) is 6.20. The van der Waals surface area contributed by atoms with E-state index in [1.54, 1.807) is 13.0 Å². The van der Waals surface area contributed by atoms with Crippen LogP contribution in [0.2, 0.25) is 0 Å². The van der Waals surface area contributed by atoms with Crippen molar-refractivity contribution in [2.24, 2.45) is 0 Å². The van der Waals surface area contributed by atoms with Gasteiger partial charge in [-0.3, -0.25) is 9.48 Å². The molecule has 0 spiro atoms. The largest absolute Gasteiger partial charge is 0.445 e. The number of rotatable bonds is 6. The zero-order valence-electron chi connectivity index (χ0n) is 20.9. The number of hydrogen-bond donors (Lipinski definition) is 1. The Kier molecular flexibility index (Phi) is 8.06. The topological polar surface area (TPSA) is 100 Å². The van der Waals surface area contributed by atoms with Crippen molar-refractivity contribution < 1.29 is 31.9 Å². The molecule has 1 aliphatic rings. The van der Waals surface area contributed by atoms with Gasteiger partial charge >= 0.3 is 12.3 Å². The van der Waals surface area contributed by atoms with Crippen LogP contribution in [0, 0.1) is 17.1 Å². The summed E-state index contributed by atoms with van der Waals surface area (Å²) in [5, 5.41) is 15.4. The van der Waals surface area contributed by atoms with Gasteiger partial charge in [-0.15, -0.1) is 11.3 Å². The molecular formula is C26H23F4N5O3S. The van der Waals surface area contributed by atoms with E-state index in [-0.39, 0.29) is 37.4 Å². The minimum Gasteiger partial charge on any atom is -0.445 e. The Hall–Kier alpha value is -4.18. The van der Waals surface area contributed by atoms with E-state index in [2.05, 4.69) is 16.5 Å². The molecule has 39 heavy (non-hydrogen) atoms. The highest BCUT2D eigenvalue weighted by molar-refractivity contribution is 7.12. The number of alkyl carbamates (subject to hydrolysis) is 1. The summed E-state index contributed by atoms with van der Waals surface area (Å²) in [5.41, 5.74) is -0.972. The smallest absolute Gasteiger partial charge is 0.435 e. The van der Waals surface area contributed by atoms with Gasteiger partial charge in [0.2, 0.25) is 5.91 Å². The maximum absolute atomic E-state index is 15.4. The first kappa shape index (κ1) is 27.8. The first-order valence-corrected chi connectivity index (χ1v) is 12.6. The highest BCUT2D eigenvalue weighted by atomic mass is 32.1. The van der Waals surface area contributed by atoms with Gasteiger partial charge in [0.05, 0.1) is 6.54 Å². The predicted octanol–water partition coefficient (Wildman–Crippen LogP) is 5.05. The molecule has 3 heterocycles. The lowest BCUT2D eigenvalue weighted by Crippen LogP contribution is -2.37. The second kappa shape index (κ2) is 11.3. The van der Waals surface area contributed by atoms with Crippen molar-refractivity contribution >= 4 is 23.3 Å². The number of hydrogen-bond acceptors (Lipinski definition) is 6. The van der Waals surface area contributed by atoms with Gasteiger partial charge in [0.15, 0.2) is 5.69 Å². The lowest BCUT2D eigenvalue weighted by molar-refractivity contribution is -0.141. The van der Waals surface area contributed by atoms with Gasteiger partial charge in [-0.1, -0.05) is 12.1 Å². The van der Waals surface area contributed by atoms with Crippen LogP contribution in [-0.4, -0.2) is 46.9 Å². The lowest BCUT2D eigenvalue weighted by Gasteiger charge is -2.33. The third-order valence-corrected chi connectivity index (χ3v) is 7.24. The maximum Gasteiger partial charge on any atom is 0.435 e. The SMILES string of the molecule is CCn1cc(-c2c(F)cccc2[C@@H]2CN(C(=O)/C=C/COC(=O)NC)Cc3sc(C#N)cc32)c(C(F)(F)F)n1. The van der Waals surface area contributed by atoms with Crippen LogP contribution < -0.4 is 5.32 Å². The summed E-state index contributed by atoms with van der Waals surface area (Å²) < 4.78 is 63.1. The van der Waals surface area contributed by atoms with Crippen LogP contribution >= 0.6 is 11.3 Å². The van der Waals surface area contributed by atoms with Gasteiger partial charge in [-0.05, 0) is 36.3 Å². The van der Waals surface area contributed by atoms with Crippen molar-refractivity contribution in [1.82, 2.24) is 20.0 Å². The second-order valence-corrected chi connectivity index (χ2v) is 9.71. The highest BCUT2D eigenvalue weighted by Gasteiger charge is 2.40. The molecule has 2 amide bonds. The zero-order valence-corrected chi connectivity index (χ0v) is 21.7. The fourth-order valence-electron chi connectivity index (χ4n) is 4.45. The number of nitrogens with one attached hydrogen (secondary N) is 1. The Bertz CT molecular complexity index is 1470. The summed E-state index contributed by atoms with van der Waals surface area (Å²) in [5.74, 6) is -2.02. The Morgan fingerprint density at radius 1 is 1.33 bits per heavy atom. The molecule has 2 aromatic heterocycles. The van der Waals surface area contributed by atoms with Crippen molar-refractivity contribution in [2.75, 3.05) is 20.2 Å². The number of carbonyl (C=O) groups is 2. The molecule has 0 saturated carbocycles. The molecule has 8 nitrogen and oxygen atoms in total. The lowest BCUT2D eigenvalue weighted by atomic mass is 9.83. The Morgan fingerprint density at radius 3 is 2.77 bits per heavy atom. The number of alkyl halides is 3. The van der Waals surface area contributed by atoms with Gasteiger partial charge in [0.25, 0.3) is 0 Å². The Balaban J connectivity index is 1.78. The molecule has 4 rings (SSSR count). The van der Waals surface area contributed by atoms with Crippen molar-refractivity contribution in [3.8, 4) is 17.2 Å². The van der Waals surface area contributed by atoms with Crippen molar-refractivity contribution in [3.63, 3.8) is 0 Å². The minimum atomic E-state index is -4.83. The first-order chi connectivity index (χ1) is 18.6. The molecule has 0 saturated heterocycles. The molecule has 1 aliphatic heterocycles. The van der Waals surface area contributed by atoms with E-state index in [0.717, 1.165) is 22.1 Å². The van der Waals surface area contributed by atoms with E-state index >= 15 is 4.39 Å². The van der Waals surface area contributed by atoms with Crippen LogP contribution in [0.15, 0.2) is 42.6 Å². The number of carbonyl (C=O) groups excluding carboxylic acids is 2. The van der Waals surface area contributed by atoms with E-state index < -0.39 is 41.2 Å². The molecular weight excluding hydrogens is 538 g/mol. The van der Waals surface area contributed by atoms with E-state index in [1.807, 2.05) is 0 Å². The van der Waals surface area contributed by atoms with Crippen LogP contribution in [0.1, 0.15) is 39.4 Å². The quantitative estimate of drug-likeness (QED) is 0.336. The van der Waals surface area contributed by atoms with E-state index in [1.165, 1.54) is 42.4 Å². The third kappa shape index (κ3) is 5.80. The van der Waals surface area contributed by atoms with Crippen molar-refractivity contribution in [1.29, 1.82) is 5.26 Å². The number of halogens is 4. The normalized spacial score (nSPS) is 15.2. The summed E-state index contributed by atoms with van der Waals surface area (Å²) >= 11 is 1.16. The average molecular weight is 562 g/mol.